The average Bonchev–Trinajstić information content (AvgIpc) is 2.22. The summed E-state index contributed by atoms with van der Waals surface area (Å²) >= 11 is 0. The van der Waals surface area contributed by atoms with Gasteiger partial charge < -0.3 is 5.32 Å². The third-order valence-corrected chi connectivity index (χ3v) is 3.96. The van der Waals surface area contributed by atoms with Crippen LogP contribution in [0, 0.1) is 11.7 Å². The highest BCUT2D eigenvalue weighted by Crippen LogP contribution is 2.37. The zero-order valence-electron chi connectivity index (χ0n) is 10.9. The molecule has 0 bridgehead atoms. The summed E-state index contributed by atoms with van der Waals surface area (Å²) in [5, 5.41) is 3.64. The minimum absolute atomic E-state index is 0.116. The van der Waals surface area contributed by atoms with Crippen LogP contribution in [0.5, 0.6) is 0 Å². The van der Waals surface area contributed by atoms with Crippen LogP contribution in [0.2, 0.25) is 0 Å². The molecule has 0 heterocycles. The van der Waals surface area contributed by atoms with E-state index in [2.05, 4.69) is 26.1 Å². The molecule has 1 aliphatic carbocycles. The molecule has 94 valence electrons. The molecule has 17 heavy (non-hydrogen) atoms. The Morgan fingerprint density at radius 3 is 2.53 bits per heavy atom. The van der Waals surface area contributed by atoms with E-state index in [0.717, 1.165) is 18.4 Å². The fourth-order valence-corrected chi connectivity index (χ4v) is 2.35. The van der Waals surface area contributed by atoms with Crippen molar-refractivity contribution < 1.29 is 4.39 Å². The Labute approximate surface area is 103 Å². The average molecular weight is 235 g/mol. The molecule has 1 aromatic carbocycles. The molecule has 1 nitrogen and oxygen atoms in total. The topological polar surface area (TPSA) is 12.0 Å². The van der Waals surface area contributed by atoms with E-state index in [-0.39, 0.29) is 5.82 Å². The number of benzene rings is 1. The van der Waals surface area contributed by atoms with Gasteiger partial charge in [0.1, 0.15) is 5.82 Å². The van der Waals surface area contributed by atoms with Gasteiger partial charge in [-0.3, -0.25) is 0 Å². The molecule has 1 saturated carbocycles. The molecule has 1 atom stereocenters. The van der Waals surface area contributed by atoms with Crippen LogP contribution in [0.3, 0.4) is 0 Å². The lowest BCUT2D eigenvalue weighted by atomic mass is 9.75. The van der Waals surface area contributed by atoms with Gasteiger partial charge in [-0.25, -0.2) is 4.39 Å². The zero-order valence-corrected chi connectivity index (χ0v) is 10.9. The second-order valence-corrected chi connectivity index (χ2v) is 5.62. The molecule has 1 aliphatic rings. The van der Waals surface area contributed by atoms with Crippen molar-refractivity contribution >= 4 is 0 Å². The van der Waals surface area contributed by atoms with E-state index in [1.54, 1.807) is 6.07 Å². The van der Waals surface area contributed by atoms with Gasteiger partial charge in [-0.1, -0.05) is 26.0 Å². The number of hydrogen-bond donors (Lipinski definition) is 1. The number of rotatable bonds is 4. The van der Waals surface area contributed by atoms with Crippen LogP contribution in [0.25, 0.3) is 0 Å². The largest absolute Gasteiger partial charge is 0.311 e. The van der Waals surface area contributed by atoms with Gasteiger partial charge in [-0.2, -0.15) is 0 Å². The maximum Gasteiger partial charge on any atom is 0.123 e. The lowest BCUT2D eigenvalue weighted by molar-refractivity contribution is 0.248. The first-order valence-electron chi connectivity index (χ1n) is 6.57. The van der Waals surface area contributed by atoms with Crippen molar-refractivity contribution in [2.75, 3.05) is 0 Å². The Balaban J connectivity index is 1.83. The van der Waals surface area contributed by atoms with Gasteiger partial charge in [-0.15, -0.1) is 0 Å². The summed E-state index contributed by atoms with van der Waals surface area (Å²) in [7, 11) is 0. The van der Waals surface area contributed by atoms with E-state index in [9.17, 15) is 4.39 Å². The second-order valence-electron chi connectivity index (χ2n) is 5.62. The van der Waals surface area contributed by atoms with Crippen LogP contribution >= 0.6 is 0 Å². The summed E-state index contributed by atoms with van der Waals surface area (Å²) in [6.45, 7) is 6.71. The monoisotopic (exact) mass is 235 g/mol. The van der Waals surface area contributed by atoms with Gasteiger partial charge in [0, 0.05) is 12.1 Å². The predicted molar refractivity (Wildman–Crippen MR) is 69.6 cm³/mol. The van der Waals surface area contributed by atoms with Gasteiger partial charge in [0.05, 0.1) is 0 Å². The van der Waals surface area contributed by atoms with E-state index in [1.165, 1.54) is 6.07 Å². The first-order chi connectivity index (χ1) is 8.06. The van der Waals surface area contributed by atoms with E-state index >= 15 is 0 Å². The van der Waals surface area contributed by atoms with Crippen LogP contribution in [0.4, 0.5) is 4.39 Å². The lowest BCUT2D eigenvalue weighted by Crippen LogP contribution is -2.46. The first-order valence-corrected chi connectivity index (χ1v) is 6.57. The van der Waals surface area contributed by atoms with Crippen molar-refractivity contribution in [1.82, 2.24) is 5.32 Å². The number of nitrogens with one attached hydrogen (secondary N) is 1. The molecule has 0 saturated heterocycles. The highest BCUT2D eigenvalue weighted by Gasteiger charge is 2.31. The van der Waals surface area contributed by atoms with Crippen molar-refractivity contribution in [3.05, 3.63) is 35.6 Å². The lowest BCUT2D eigenvalue weighted by Gasteiger charge is -2.39. The third kappa shape index (κ3) is 3.06. The Bertz CT molecular complexity index is 369. The molecule has 2 rings (SSSR count). The SMILES string of the molecule is CC(C)C(C)NC1CC(c2cccc(F)c2)C1. The predicted octanol–water partition coefficient (Wildman–Crippen LogP) is 3.71. The molecule has 1 fully saturated rings. The molecule has 0 aromatic heterocycles. The quantitative estimate of drug-likeness (QED) is 0.839. The van der Waals surface area contributed by atoms with Crippen LogP contribution in [-0.4, -0.2) is 12.1 Å². The minimum atomic E-state index is -0.116. The molecule has 0 aliphatic heterocycles. The molecule has 0 radical (unpaired) electrons. The van der Waals surface area contributed by atoms with Gasteiger partial charge in [0.2, 0.25) is 0 Å². The summed E-state index contributed by atoms with van der Waals surface area (Å²) in [5.74, 6) is 1.10. The van der Waals surface area contributed by atoms with Gasteiger partial charge >= 0.3 is 0 Å². The van der Waals surface area contributed by atoms with Crippen LogP contribution in [0.15, 0.2) is 24.3 Å². The van der Waals surface area contributed by atoms with Crippen LogP contribution in [-0.2, 0) is 0 Å². The molecule has 1 aromatic rings. The van der Waals surface area contributed by atoms with E-state index in [4.69, 9.17) is 0 Å². The molecule has 1 N–H and O–H groups in total. The van der Waals surface area contributed by atoms with Crippen molar-refractivity contribution in [3.63, 3.8) is 0 Å². The Kier molecular flexibility index (Phi) is 3.82. The third-order valence-electron chi connectivity index (χ3n) is 3.96. The fourth-order valence-electron chi connectivity index (χ4n) is 2.35. The first kappa shape index (κ1) is 12.6. The zero-order chi connectivity index (χ0) is 12.4. The molecule has 1 unspecified atom stereocenters. The summed E-state index contributed by atoms with van der Waals surface area (Å²) in [4.78, 5) is 0. The maximum atomic E-state index is 13.1. The normalized spacial score (nSPS) is 25.7. The van der Waals surface area contributed by atoms with Crippen molar-refractivity contribution in [1.29, 1.82) is 0 Å². The summed E-state index contributed by atoms with van der Waals surface area (Å²) in [6.07, 6.45) is 2.28. The highest BCUT2D eigenvalue weighted by atomic mass is 19.1. The molecule has 0 amide bonds. The smallest absolute Gasteiger partial charge is 0.123 e. The van der Waals surface area contributed by atoms with Gasteiger partial charge in [-0.05, 0) is 49.3 Å². The second kappa shape index (κ2) is 5.18. The molecular weight excluding hydrogens is 213 g/mol. The van der Waals surface area contributed by atoms with Gasteiger partial charge in [0.15, 0.2) is 0 Å². The minimum Gasteiger partial charge on any atom is -0.311 e. The molecule has 0 spiro atoms. The highest BCUT2D eigenvalue weighted by molar-refractivity contribution is 5.23. The van der Waals surface area contributed by atoms with Crippen LogP contribution < -0.4 is 5.32 Å². The standard InChI is InChI=1S/C15H22FN/c1-10(2)11(3)17-15-8-13(9-15)12-5-4-6-14(16)7-12/h4-7,10-11,13,15,17H,8-9H2,1-3H3. The Morgan fingerprint density at radius 2 is 1.94 bits per heavy atom. The summed E-state index contributed by atoms with van der Waals surface area (Å²) in [5.41, 5.74) is 1.15. The molecular formula is C15H22FN. The summed E-state index contributed by atoms with van der Waals surface area (Å²) < 4.78 is 13.1. The number of halogens is 1. The van der Waals surface area contributed by atoms with E-state index in [1.807, 2.05) is 12.1 Å². The van der Waals surface area contributed by atoms with Gasteiger partial charge in [0.25, 0.3) is 0 Å². The molecule has 2 heteroatoms. The fraction of sp³-hybridized carbons (Fsp3) is 0.600. The Morgan fingerprint density at radius 1 is 1.24 bits per heavy atom. The number of hydrogen-bond acceptors (Lipinski definition) is 1. The Hall–Kier alpha value is -0.890. The summed E-state index contributed by atoms with van der Waals surface area (Å²) in [6, 6.07) is 8.21. The van der Waals surface area contributed by atoms with E-state index < -0.39 is 0 Å². The van der Waals surface area contributed by atoms with Crippen molar-refractivity contribution in [2.45, 2.75) is 51.6 Å². The van der Waals surface area contributed by atoms with E-state index in [0.29, 0.717) is 23.9 Å². The maximum absolute atomic E-state index is 13.1. The van der Waals surface area contributed by atoms with Crippen molar-refractivity contribution in [2.24, 2.45) is 5.92 Å². The van der Waals surface area contributed by atoms with Crippen LogP contribution in [0.1, 0.15) is 45.1 Å². The van der Waals surface area contributed by atoms with Crippen molar-refractivity contribution in [3.8, 4) is 0 Å².